The van der Waals surface area contributed by atoms with Crippen LogP contribution in [0, 0.1) is 0 Å². The number of amides is 1. The third-order valence-corrected chi connectivity index (χ3v) is 7.53. The number of piperazine rings is 1. The Balaban J connectivity index is 1.25. The van der Waals surface area contributed by atoms with Crippen molar-refractivity contribution < 1.29 is 9.53 Å². The van der Waals surface area contributed by atoms with Crippen LogP contribution in [0.3, 0.4) is 0 Å². The van der Waals surface area contributed by atoms with Crippen molar-refractivity contribution >= 4 is 33.6 Å². The maximum absolute atomic E-state index is 13.0. The standard InChI is InChI=1S/C25H29N5O2S/c1-32-20-4-2-3-18(15-20)19-8-12-30(17-19)24-6-5-23(33-24)25(31)28-21-16-27-9-7-22(21)29-13-10-26-11-14-29/h2-7,9,15-16,19,26H,8,10-14,17H2,1H3,(H,28,31). The number of nitrogens with one attached hydrogen (secondary N) is 2. The molecule has 0 spiro atoms. The summed E-state index contributed by atoms with van der Waals surface area (Å²) >= 11 is 1.55. The van der Waals surface area contributed by atoms with Crippen molar-refractivity contribution in [3.63, 3.8) is 0 Å². The van der Waals surface area contributed by atoms with Gasteiger partial charge in [-0.1, -0.05) is 12.1 Å². The van der Waals surface area contributed by atoms with E-state index in [1.165, 1.54) is 5.56 Å². The van der Waals surface area contributed by atoms with Crippen molar-refractivity contribution in [1.82, 2.24) is 10.3 Å². The van der Waals surface area contributed by atoms with Gasteiger partial charge >= 0.3 is 0 Å². The first kappa shape index (κ1) is 21.7. The van der Waals surface area contributed by atoms with Gasteiger partial charge in [0.05, 0.1) is 34.6 Å². The zero-order valence-electron chi connectivity index (χ0n) is 18.8. The van der Waals surface area contributed by atoms with Gasteiger partial charge in [0.25, 0.3) is 5.91 Å². The summed E-state index contributed by atoms with van der Waals surface area (Å²) in [7, 11) is 1.70. The van der Waals surface area contributed by atoms with Crippen molar-refractivity contribution in [2.75, 3.05) is 61.5 Å². The number of aromatic nitrogens is 1. The number of pyridine rings is 1. The van der Waals surface area contributed by atoms with E-state index in [0.29, 0.717) is 10.8 Å². The van der Waals surface area contributed by atoms with Gasteiger partial charge in [-0.15, -0.1) is 11.3 Å². The summed E-state index contributed by atoms with van der Waals surface area (Å²) in [6.07, 6.45) is 4.61. The van der Waals surface area contributed by atoms with Crippen LogP contribution in [-0.4, -0.2) is 57.3 Å². The fourth-order valence-corrected chi connectivity index (χ4v) is 5.53. The number of carbonyl (C=O) groups is 1. The van der Waals surface area contributed by atoms with E-state index in [1.807, 2.05) is 18.2 Å². The summed E-state index contributed by atoms with van der Waals surface area (Å²) in [6, 6.07) is 14.3. The van der Waals surface area contributed by atoms with Crippen molar-refractivity contribution in [2.24, 2.45) is 0 Å². The molecule has 8 heteroatoms. The van der Waals surface area contributed by atoms with Gasteiger partial charge in [0.1, 0.15) is 5.75 Å². The minimum absolute atomic E-state index is 0.0841. The molecule has 2 fully saturated rings. The smallest absolute Gasteiger partial charge is 0.265 e. The number of thiophene rings is 1. The Labute approximate surface area is 198 Å². The second-order valence-corrected chi connectivity index (χ2v) is 9.49. The van der Waals surface area contributed by atoms with Crippen LogP contribution in [0.25, 0.3) is 0 Å². The summed E-state index contributed by atoms with van der Waals surface area (Å²) in [5.74, 6) is 1.28. The molecule has 1 amide bonds. The number of rotatable bonds is 6. The van der Waals surface area contributed by atoms with Crippen LogP contribution in [-0.2, 0) is 0 Å². The number of methoxy groups -OCH3 is 1. The number of carbonyl (C=O) groups excluding carboxylic acids is 1. The molecule has 1 aromatic carbocycles. The lowest BCUT2D eigenvalue weighted by Gasteiger charge is -2.30. The minimum Gasteiger partial charge on any atom is -0.497 e. The minimum atomic E-state index is -0.0841. The van der Waals surface area contributed by atoms with Crippen molar-refractivity contribution in [2.45, 2.75) is 12.3 Å². The van der Waals surface area contributed by atoms with E-state index in [0.717, 1.165) is 67.8 Å². The average Bonchev–Trinajstić information content (AvgIpc) is 3.55. The van der Waals surface area contributed by atoms with E-state index >= 15 is 0 Å². The van der Waals surface area contributed by atoms with Gasteiger partial charge in [0.2, 0.25) is 0 Å². The zero-order valence-corrected chi connectivity index (χ0v) is 19.6. The molecule has 3 aromatic rings. The van der Waals surface area contributed by atoms with Crippen LogP contribution in [0.5, 0.6) is 5.75 Å². The lowest BCUT2D eigenvalue weighted by atomic mass is 9.98. The molecular weight excluding hydrogens is 434 g/mol. The van der Waals surface area contributed by atoms with Crippen molar-refractivity contribution in [1.29, 1.82) is 0 Å². The Kier molecular flexibility index (Phi) is 6.46. The largest absolute Gasteiger partial charge is 0.497 e. The molecular formula is C25H29N5O2S. The Morgan fingerprint density at radius 2 is 2.03 bits per heavy atom. The van der Waals surface area contributed by atoms with Crippen molar-refractivity contribution in [3.8, 4) is 5.75 Å². The average molecular weight is 464 g/mol. The highest BCUT2D eigenvalue weighted by atomic mass is 32.1. The molecule has 2 N–H and O–H groups in total. The summed E-state index contributed by atoms with van der Waals surface area (Å²) in [5.41, 5.74) is 3.10. The predicted octanol–water partition coefficient (Wildman–Crippen LogP) is 3.81. The zero-order chi connectivity index (χ0) is 22.6. The van der Waals surface area contributed by atoms with Gasteiger partial charge in [0.15, 0.2) is 0 Å². The van der Waals surface area contributed by atoms with Gasteiger partial charge in [-0.25, -0.2) is 0 Å². The Bertz CT molecular complexity index is 1110. The first-order chi connectivity index (χ1) is 16.2. The lowest BCUT2D eigenvalue weighted by Crippen LogP contribution is -2.43. The molecule has 1 atom stereocenters. The van der Waals surface area contributed by atoms with Crippen LogP contribution in [0.4, 0.5) is 16.4 Å². The molecule has 7 nitrogen and oxygen atoms in total. The highest BCUT2D eigenvalue weighted by molar-refractivity contribution is 7.18. The van der Waals surface area contributed by atoms with E-state index in [9.17, 15) is 4.79 Å². The highest BCUT2D eigenvalue weighted by Gasteiger charge is 2.26. The summed E-state index contributed by atoms with van der Waals surface area (Å²) in [6.45, 7) is 5.65. The van der Waals surface area contributed by atoms with Crippen LogP contribution < -0.4 is 25.2 Å². The molecule has 0 bridgehead atoms. The summed E-state index contributed by atoms with van der Waals surface area (Å²) in [5, 5.41) is 7.59. The molecule has 2 aliphatic heterocycles. The Morgan fingerprint density at radius 3 is 2.88 bits per heavy atom. The molecule has 172 valence electrons. The molecule has 1 unspecified atom stereocenters. The number of hydrogen-bond acceptors (Lipinski definition) is 7. The molecule has 2 aromatic heterocycles. The third-order valence-electron chi connectivity index (χ3n) is 6.38. The molecule has 2 saturated heterocycles. The molecule has 0 saturated carbocycles. The predicted molar refractivity (Wildman–Crippen MR) is 134 cm³/mol. The van der Waals surface area contributed by atoms with Crippen LogP contribution in [0.2, 0.25) is 0 Å². The number of benzene rings is 1. The van der Waals surface area contributed by atoms with E-state index in [1.54, 1.807) is 30.8 Å². The molecule has 0 aliphatic carbocycles. The molecule has 5 rings (SSSR count). The van der Waals surface area contributed by atoms with Crippen LogP contribution >= 0.6 is 11.3 Å². The SMILES string of the molecule is COc1cccc(C2CCN(c3ccc(C(=O)Nc4cnccc4N4CCNCC4)s3)C2)c1. The van der Waals surface area contributed by atoms with Crippen molar-refractivity contribution in [3.05, 3.63) is 65.3 Å². The summed E-state index contributed by atoms with van der Waals surface area (Å²) < 4.78 is 5.38. The number of ether oxygens (including phenoxy) is 1. The number of hydrogen-bond donors (Lipinski definition) is 2. The van der Waals surface area contributed by atoms with E-state index < -0.39 is 0 Å². The second-order valence-electron chi connectivity index (χ2n) is 8.43. The van der Waals surface area contributed by atoms with Crippen LogP contribution in [0.15, 0.2) is 54.9 Å². The maximum Gasteiger partial charge on any atom is 0.265 e. The number of anilines is 3. The maximum atomic E-state index is 13.0. The topological polar surface area (TPSA) is 69.7 Å². The molecule has 2 aliphatic rings. The first-order valence-corrected chi connectivity index (χ1v) is 12.2. The monoisotopic (exact) mass is 463 g/mol. The second kappa shape index (κ2) is 9.80. The fourth-order valence-electron chi connectivity index (χ4n) is 4.60. The normalized spacial score (nSPS) is 18.4. The van der Waals surface area contributed by atoms with Gasteiger partial charge in [-0.05, 0) is 42.3 Å². The highest BCUT2D eigenvalue weighted by Crippen LogP contribution is 2.36. The summed E-state index contributed by atoms with van der Waals surface area (Å²) in [4.78, 5) is 22.7. The quantitative estimate of drug-likeness (QED) is 0.580. The van der Waals surface area contributed by atoms with Gasteiger partial charge in [0, 0.05) is 51.4 Å². The Morgan fingerprint density at radius 1 is 1.15 bits per heavy atom. The Hall–Kier alpha value is -3.10. The van der Waals surface area contributed by atoms with E-state index in [4.69, 9.17) is 4.74 Å². The molecule has 33 heavy (non-hydrogen) atoms. The van der Waals surface area contributed by atoms with Gasteiger partial charge in [-0.3, -0.25) is 9.78 Å². The third kappa shape index (κ3) is 4.82. The molecule has 0 radical (unpaired) electrons. The van der Waals surface area contributed by atoms with E-state index in [2.05, 4.69) is 49.7 Å². The van der Waals surface area contributed by atoms with Gasteiger partial charge < -0.3 is 25.2 Å². The number of nitrogens with zero attached hydrogens (tertiary/aromatic N) is 3. The lowest BCUT2D eigenvalue weighted by molar-refractivity contribution is 0.103. The van der Waals surface area contributed by atoms with E-state index in [-0.39, 0.29) is 5.91 Å². The van der Waals surface area contributed by atoms with Crippen LogP contribution in [0.1, 0.15) is 27.6 Å². The fraction of sp³-hybridized carbons (Fsp3) is 0.360. The first-order valence-electron chi connectivity index (χ1n) is 11.4. The molecule has 4 heterocycles. The van der Waals surface area contributed by atoms with Gasteiger partial charge in [-0.2, -0.15) is 0 Å².